The minimum Gasteiger partial charge on any atom is -0.346 e. The van der Waals surface area contributed by atoms with Gasteiger partial charge in [-0.3, -0.25) is 4.79 Å². The van der Waals surface area contributed by atoms with Crippen LogP contribution < -0.4 is 10.6 Å². The van der Waals surface area contributed by atoms with Gasteiger partial charge >= 0.3 is 0 Å². The van der Waals surface area contributed by atoms with Gasteiger partial charge in [0.15, 0.2) is 0 Å². The summed E-state index contributed by atoms with van der Waals surface area (Å²) < 4.78 is 0. The monoisotopic (exact) mass is 267 g/mol. The van der Waals surface area contributed by atoms with Crippen LogP contribution in [0.15, 0.2) is 5.38 Å². The maximum atomic E-state index is 12.1. The first-order chi connectivity index (χ1) is 8.61. The van der Waals surface area contributed by atoms with Crippen molar-refractivity contribution in [1.82, 2.24) is 15.6 Å². The average molecular weight is 267 g/mol. The van der Waals surface area contributed by atoms with Gasteiger partial charge in [-0.2, -0.15) is 0 Å². The van der Waals surface area contributed by atoms with Crippen LogP contribution in [0.1, 0.15) is 36.5 Å². The molecule has 0 bridgehead atoms. The highest BCUT2D eigenvalue weighted by Crippen LogP contribution is 2.41. The van der Waals surface area contributed by atoms with Crippen molar-refractivity contribution in [3.05, 3.63) is 16.1 Å². The lowest BCUT2D eigenvalue weighted by Gasteiger charge is -2.19. The van der Waals surface area contributed by atoms with Crippen molar-refractivity contribution in [2.75, 3.05) is 13.6 Å². The minimum atomic E-state index is -0.00249. The number of aryl methyl sites for hydroxylation is 1. The molecule has 0 radical (unpaired) electrons. The predicted molar refractivity (Wildman–Crippen MR) is 73.5 cm³/mol. The molecule has 0 aliphatic heterocycles. The highest BCUT2D eigenvalue weighted by Gasteiger charge is 2.35. The summed E-state index contributed by atoms with van der Waals surface area (Å²) >= 11 is 1.65. The summed E-state index contributed by atoms with van der Waals surface area (Å²) in [5.74, 6) is 0.702. The average Bonchev–Trinajstić information content (AvgIpc) is 3.08. The standard InChI is InChI=1S/C13H21N3OS/c1-8(6-14-3)12(17)16-11(10-4-5-10)13-15-9(2)7-18-13/h7-8,10-11,14H,4-6H2,1-3H3,(H,16,17). The number of nitrogens with zero attached hydrogens (tertiary/aromatic N) is 1. The second-order valence-corrected chi connectivity index (χ2v) is 6.00. The molecule has 1 aliphatic carbocycles. The first kappa shape index (κ1) is 13.5. The summed E-state index contributed by atoms with van der Waals surface area (Å²) in [5.41, 5.74) is 1.04. The number of thiazole rings is 1. The van der Waals surface area contributed by atoms with Crippen LogP contribution in [0, 0.1) is 18.8 Å². The van der Waals surface area contributed by atoms with Gasteiger partial charge in [0.1, 0.15) is 5.01 Å². The number of carbonyl (C=O) groups excluding carboxylic acids is 1. The Labute approximate surface area is 112 Å². The number of hydrogen-bond acceptors (Lipinski definition) is 4. The van der Waals surface area contributed by atoms with Gasteiger partial charge in [-0.1, -0.05) is 6.92 Å². The van der Waals surface area contributed by atoms with E-state index in [0.29, 0.717) is 12.5 Å². The molecule has 1 amide bonds. The molecule has 1 fully saturated rings. The highest BCUT2D eigenvalue weighted by atomic mass is 32.1. The van der Waals surface area contributed by atoms with Gasteiger partial charge in [-0.15, -0.1) is 11.3 Å². The Kier molecular flexibility index (Phi) is 4.35. The number of aromatic nitrogens is 1. The molecule has 0 aromatic carbocycles. The van der Waals surface area contributed by atoms with E-state index in [4.69, 9.17) is 0 Å². The zero-order chi connectivity index (χ0) is 13.1. The zero-order valence-corrected chi connectivity index (χ0v) is 12.0. The van der Waals surface area contributed by atoms with E-state index in [1.165, 1.54) is 12.8 Å². The Hall–Kier alpha value is -0.940. The molecule has 5 heteroatoms. The Balaban J connectivity index is 2.01. The van der Waals surface area contributed by atoms with E-state index in [1.807, 2.05) is 26.3 Å². The number of hydrogen-bond donors (Lipinski definition) is 2. The van der Waals surface area contributed by atoms with Crippen LogP contribution in [0.3, 0.4) is 0 Å². The fraction of sp³-hybridized carbons (Fsp3) is 0.692. The lowest BCUT2D eigenvalue weighted by Crippen LogP contribution is -2.37. The smallest absolute Gasteiger partial charge is 0.224 e. The van der Waals surface area contributed by atoms with E-state index in [2.05, 4.69) is 15.6 Å². The Bertz CT molecular complexity index is 414. The fourth-order valence-electron chi connectivity index (χ4n) is 2.02. The molecule has 1 saturated carbocycles. The van der Waals surface area contributed by atoms with Crippen molar-refractivity contribution < 1.29 is 4.79 Å². The largest absolute Gasteiger partial charge is 0.346 e. The third-order valence-electron chi connectivity index (χ3n) is 3.25. The summed E-state index contributed by atoms with van der Waals surface area (Å²) in [6.45, 7) is 4.65. The summed E-state index contributed by atoms with van der Waals surface area (Å²) in [6, 6.07) is 0.121. The number of carbonyl (C=O) groups is 1. The van der Waals surface area contributed by atoms with Crippen LogP contribution in [0.5, 0.6) is 0 Å². The first-order valence-electron chi connectivity index (χ1n) is 6.48. The second-order valence-electron chi connectivity index (χ2n) is 5.11. The van der Waals surface area contributed by atoms with Gasteiger partial charge < -0.3 is 10.6 Å². The SMILES string of the molecule is CNCC(C)C(=O)NC(c1nc(C)cs1)C1CC1. The van der Waals surface area contributed by atoms with Crippen LogP contribution in [0.25, 0.3) is 0 Å². The predicted octanol–water partition coefficient (Wildman–Crippen LogP) is 1.87. The van der Waals surface area contributed by atoms with E-state index in [9.17, 15) is 4.79 Å². The van der Waals surface area contributed by atoms with Crippen LogP contribution in [-0.2, 0) is 4.79 Å². The van der Waals surface area contributed by atoms with Crippen LogP contribution in [0.4, 0.5) is 0 Å². The zero-order valence-electron chi connectivity index (χ0n) is 11.2. The molecule has 100 valence electrons. The third-order valence-corrected chi connectivity index (χ3v) is 4.30. The Morgan fingerprint density at radius 1 is 1.61 bits per heavy atom. The summed E-state index contributed by atoms with van der Waals surface area (Å²) in [7, 11) is 1.87. The van der Waals surface area contributed by atoms with Gasteiger partial charge in [0.2, 0.25) is 5.91 Å². The molecular weight excluding hydrogens is 246 g/mol. The number of amides is 1. The second kappa shape index (κ2) is 5.80. The van der Waals surface area contributed by atoms with Gasteiger partial charge in [0, 0.05) is 23.5 Å². The van der Waals surface area contributed by atoms with E-state index in [-0.39, 0.29) is 17.9 Å². The molecule has 1 aromatic heterocycles. The van der Waals surface area contributed by atoms with Crippen LogP contribution in [0.2, 0.25) is 0 Å². The van der Waals surface area contributed by atoms with Crippen LogP contribution >= 0.6 is 11.3 Å². The molecule has 1 aromatic rings. The van der Waals surface area contributed by atoms with Crippen molar-refractivity contribution >= 4 is 17.2 Å². The summed E-state index contributed by atoms with van der Waals surface area (Å²) in [5, 5.41) is 9.30. The topological polar surface area (TPSA) is 54.0 Å². The van der Waals surface area contributed by atoms with Crippen molar-refractivity contribution in [1.29, 1.82) is 0 Å². The molecule has 1 aliphatic rings. The van der Waals surface area contributed by atoms with Gasteiger partial charge in [-0.05, 0) is 32.7 Å². The maximum absolute atomic E-state index is 12.1. The molecule has 0 spiro atoms. The van der Waals surface area contributed by atoms with Crippen molar-refractivity contribution in [3.63, 3.8) is 0 Å². The molecule has 4 nitrogen and oxygen atoms in total. The molecular formula is C13H21N3OS. The maximum Gasteiger partial charge on any atom is 0.224 e. The van der Waals surface area contributed by atoms with Crippen molar-refractivity contribution in [2.24, 2.45) is 11.8 Å². The lowest BCUT2D eigenvalue weighted by atomic mass is 10.1. The normalized spacial score (nSPS) is 18.4. The quantitative estimate of drug-likeness (QED) is 0.827. The van der Waals surface area contributed by atoms with Crippen molar-refractivity contribution in [3.8, 4) is 0 Å². The molecule has 2 N–H and O–H groups in total. The van der Waals surface area contributed by atoms with E-state index in [0.717, 1.165) is 10.7 Å². The fourth-order valence-corrected chi connectivity index (χ4v) is 2.96. The van der Waals surface area contributed by atoms with E-state index in [1.54, 1.807) is 11.3 Å². The first-order valence-corrected chi connectivity index (χ1v) is 7.36. The molecule has 2 rings (SSSR count). The highest BCUT2D eigenvalue weighted by molar-refractivity contribution is 7.09. The van der Waals surface area contributed by atoms with E-state index < -0.39 is 0 Å². The Morgan fingerprint density at radius 3 is 2.83 bits per heavy atom. The number of rotatable bonds is 6. The molecule has 0 saturated heterocycles. The van der Waals surface area contributed by atoms with Gasteiger partial charge in [0.25, 0.3) is 0 Å². The molecule has 18 heavy (non-hydrogen) atoms. The van der Waals surface area contributed by atoms with Gasteiger partial charge in [0.05, 0.1) is 6.04 Å². The Morgan fingerprint density at radius 2 is 2.33 bits per heavy atom. The summed E-state index contributed by atoms with van der Waals surface area (Å²) in [6.07, 6.45) is 2.40. The third kappa shape index (κ3) is 3.29. The van der Waals surface area contributed by atoms with E-state index >= 15 is 0 Å². The van der Waals surface area contributed by atoms with Crippen molar-refractivity contribution in [2.45, 2.75) is 32.7 Å². The van der Waals surface area contributed by atoms with Gasteiger partial charge in [-0.25, -0.2) is 4.98 Å². The number of nitrogens with one attached hydrogen (secondary N) is 2. The molecule has 2 atom stereocenters. The summed E-state index contributed by atoms with van der Waals surface area (Å²) in [4.78, 5) is 16.6. The molecule has 1 heterocycles. The minimum absolute atomic E-state index is 0.00249. The van der Waals surface area contributed by atoms with Crippen LogP contribution in [-0.4, -0.2) is 24.5 Å². The molecule has 2 unspecified atom stereocenters. The lowest BCUT2D eigenvalue weighted by molar-refractivity contribution is -0.125.